The van der Waals surface area contributed by atoms with E-state index in [1.165, 1.54) is 16.2 Å². The van der Waals surface area contributed by atoms with Gasteiger partial charge in [-0.05, 0) is 12.1 Å². The van der Waals surface area contributed by atoms with Crippen LogP contribution >= 0.6 is 11.5 Å². The van der Waals surface area contributed by atoms with E-state index in [1.54, 1.807) is 29.6 Å². The fraction of sp³-hybridized carbons (Fsp3) is 0. The summed E-state index contributed by atoms with van der Waals surface area (Å²) in [4.78, 5) is 0. The van der Waals surface area contributed by atoms with E-state index < -0.39 is 0 Å². The number of benzene rings is 1. The maximum Gasteiger partial charge on any atom is 0.409 e. The number of nitrogen functional groups attached to an aromatic ring is 1. The van der Waals surface area contributed by atoms with Gasteiger partial charge in [-0.15, -0.1) is 0 Å². The quantitative estimate of drug-likeness (QED) is 0.519. The second-order valence-electron chi connectivity index (χ2n) is 2.57. The SMILES string of the molecule is Nc1ccc(-[n+]2nscc2O)cc1. The lowest BCUT2D eigenvalue weighted by Gasteiger charge is -1.91. The van der Waals surface area contributed by atoms with Gasteiger partial charge in [-0.3, -0.25) is 0 Å². The maximum absolute atomic E-state index is 9.35. The molecule has 3 N–H and O–H groups in total. The Morgan fingerprint density at radius 3 is 2.54 bits per heavy atom. The molecule has 0 unspecified atom stereocenters. The zero-order valence-corrected chi connectivity index (χ0v) is 7.53. The molecule has 0 saturated heterocycles. The first-order valence-corrected chi connectivity index (χ1v) is 4.52. The summed E-state index contributed by atoms with van der Waals surface area (Å²) in [6.45, 7) is 0. The zero-order chi connectivity index (χ0) is 9.26. The highest BCUT2D eigenvalue weighted by molar-refractivity contribution is 7.03. The highest BCUT2D eigenvalue weighted by Crippen LogP contribution is 2.09. The number of nitrogens with two attached hydrogens (primary N) is 1. The average molecular weight is 194 g/mol. The molecule has 0 atom stereocenters. The van der Waals surface area contributed by atoms with E-state index in [-0.39, 0.29) is 5.88 Å². The standard InChI is InChI=1S/C8H7N3OS/c9-6-1-3-7(4-2-6)11-8(12)5-13-10-11/h1-5H,(H2-,9,10,12)/p+1. The highest BCUT2D eigenvalue weighted by atomic mass is 32.1. The molecule has 0 spiro atoms. The third-order valence-electron chi connectivity index (χ3n) is 1.64. The summed E-state index contributed by atoms with van der Waals surface area (Å²) in [6, 6.07) is 7.13. The Morgan fingerprint density at radius 1 is 1.31 bits per heavy atom. The first-order valence-electron chi connectivity index (χ1n) is 3.69. The number of hydrogen-bond donors (Lipinski definition) is 2. The lowest BCUT2D eigenvalue weighted by molar-refractivity contribution is -0.657. The van der Waals surface area contributed by atoms with E-state index in [4.69, 9.17) is 5.73 Å². The highest BCUT2D eigenvalue weighted by Gasteiger charge is 2.15. The Kier molecular flexibility index (Phi) is 1.86. The van der Waals surface area contributed by atoms with Gasteiger partial charge in [-0.2, -0.15) is 0 Å². The Hall–Kier alpha value is -1.62. The molecule has 66 valence electrons. The van der Waals surface area contributed by atoms with Gasteiger partial charge in [0, 0.05) is 34.0 Å². The minimum atomic E-state index is 0.134. The number of hydrogen-bond acceptors (Lipinski definition) is 4. The monoisotopic (exact) mass is 194 g/mol. The molecule has 13 heavy (non-hydrogen) atoms. The molecule has 0 fully saturated rings. The molecule has 5 heteroatoms. The molecule has 0 bridgehead atoms. The van der Waals surface area contributed by atoms with E-state index in [0.717, 1.165) is 5.69 Å². The Bertz CT molecular complexity index is 410. The fourth-order valence-corrected chi connectivity index (χ4v) is 1.52. The van der Waals surface area contributed by atoms with Crippen molar-refractivity contribution >= 4 is 17.2 Å². The van der Waals surface area contributed by atoms with Crippen LogP contribution in [0.1, 0.15) is 0 Å². The van der Waals surface area contributed by atoms with Crippen molar-refractivity contribution in [1.82, 2.24) is 4.49 Å². The van der Waals surface area contributed by atoms with Gasteiger partial charge in [0.25, 0.3) is 0 Å². The number of anilines is 1. The van der Waals surface area contributed by atoms with Crippen LogP contribution in [-0.4, -0.2) is 9.59 Å². The topological polar surface area (TPSA) is 63.0 Å². The van der Waals surface area contributed by atoms with Gasteiger partial charge in [0.15, 0.2) is 0 Å². The predicted molar refractivity (Wildman–Crippen MR) is 49.7 cm³/mol. The molecule has 1 heterocycles. The van der Waals surface area contributed by atoms with Gasteiger partial charge < -0.3 is 10.8 Å². The molecular formula is C8H8N3OS+. The second kappa shape index (κ2) is 3.02. The van der Waals surface area contributed by atoms with Crippen molar-refractivity contribution < 1.29 is 9.79 Å². The summed E-state index contributed by atoms with van der Waals surface area (Å²) >= 11 is 1.20. The van der Waals surface area contributed by atoms with Gasteiger partial charge in [0.1, 0.15) is 5.38 Å². The molecule has 0 aliphatic rings. The normalized spacial score (nSPS) is 10.2. The molecule has 1 aromatic heterocycles. The fourth-order valence-electron chi connectivity index (χ4n) is 1.00. The number of rotatable bonds is 1. The minimum Gasteiger partial charge on any atom is -0.457 e. The summed E-state index contributed by atoms with van der Waals surface area (Å²) in [5.74, 6) is 0.134. The minimum absolute atomic E-state index is 0.134. The van der Waals surface area contributed by atoms with Gasteiger partial charge in [-0.25, -0.2) is 0 Å². The molecule has 4 nitrogen and oxygen atoms in total. The average Bonchev–Trinajstić information content (AvgIpc) is 2.53. The van der Waals surface area contributed by atoms with Gasteiger partial charge in [0.05, 0.1) is 4.49 Å². The van der Waals surface area contributed by atoms with Crippen molar-refractivity contribution in [1.29, 1.82) is 0 Å². The number of aromatic nitrogens is 2. The lowest BCUT2D eigenvalue weighted by Crippen LogP contribution is -2.31. The second-order valence-corrected chi connectivity index (χ2v) is 3.18. The molecular weight excluding hydrogens is 186 g/mol. The van der Waals surface area contributed by atoms with Crippen LogP contribution in [0.5, 0.6) is 5.88 Å². The predicted octanol–water partition coefficient (Wildman–Crippen LogP) is 0.708. The molecule has 0 radical (unpaired) electrons. The molecule has 0 aliphatic carbocycles. The molecule has 2 rings (SSSR count). The first-order chi connectivity index (χ1) is 6.27. The Balaban J connectivity index is 2.47. The van der Waals surface area contributed by atoms with Crippen LogP contribution in [0.2, 0.25) is 0 Å². The summed E-state index contributed by atoms with van der Waals surface area (Å²) < 4.78 is 5.43. The Morgan fingerprint density at radius 2 is 2.00 bits per heavy atom. The van der Waals surface area contributed by atoms with Crippen molar-refractivity contribution in [2.24, 2.45) is 0 Å². The van der Waals surface area contributed by atoms with E-state index in [2.05, 4.69) is 4.49 Å². The van der Waals surface area contributed by atoms with Crippen molar-refractivity contribution in [3.05, 3.63) is 29.6 Å². The van der Waals surface area contributed by atoms with Crippen LogP contribution in [0.4, 0.5) is 5.69 Å². The zero-order valence-electron chi connectivity index (χ0n) is 6.71. The summed E-state index contributed by atoms with van der Waals surface area (Å²) in [7, 11) is 0. The molecule has 0 amide bonds. The Labute approximate surface area is 79.0 Å². The van der Waals surface area contributed by atoms with Crippen LogP contribution in [-0.2, 0) is 0 Å². The largest absolute Gasteiger partial charge is 0.457 e. The summed E-state index contributed by atoms with van der Waals surface area (Å²) in [5, 5.41) is 10.9. The van der Waals surface area contributed by atoms with Crippen LogP contribution in [0.25, 0.3) is 5.69 Å². The molecule has 0 saturated carbocycles. The summed E-state index contributed by atoms with van der Waals surface area (Å²) in [6.07, 6.45) is 0. The van der Waals surface area contributed by atoms with Crippen molar-refractivity contribution in [3.8, 4) is 11.6 Å². The van der Waals surface area contributed by atoms with Crippen LogP contribution in [0.3, 0.4) is 0 Å². The van der Waals surface area contributed by atoms with Crippen molar-refractivity contribution in [2.45, 2.75) is 0 Å². The number of aromatic hydroxyl groups is 1. The van der Waals surface area contributed by atoms with E-state index in [0.29, 0.717) is 5.69 Å². The van der Waals surface area contributed by atoms with Gasteiger partial charge >= 0.3 is 5.88 Å². The molecule has 2 aromatic rings. The molecule has 1 aromatic carbocycles. The summed E-state index contributed by atoms with van der Waals surface area (Å²) in [5.41, 5.74) is 7.02. The van der Waals surface area contributed by atoms with Crippen molar-refractivity contribution in [3.63, 3.8) is 0 Å². The third-order valence-corrected chi connectivity index (χ3v) is 2.22. The smallest absolute Gasteiger partial charge is 0.409 e. The number of nitrogens with zero attached hydrogens (tertiary/aromatic N) is 2. The van der Waals surface area contributed by atoms with Crippen molar-refractivity contribution in [2.75, 3.05) is 5.73 Å². The molecule has 0 aliphatic heterocycles. The van der Waals surface area contributed by atoms with Crippen LogP contribution < -0.4 is 10.4 Å². The maximum atomic E-state index is 9.35. The van der Waals surface area contributed by atoms with Gasteiger partial charge in [0.2, 0.25) is 5.69 Å². The van der Waals surface area contributed by atoms with Crippen LogP contribution in [0, 0.1) is 0 Å². The van der Waals surface area contributed by atoms with Crippen LogP contribution in [0.15, 0.2) is 29.6 Å². The lowest BCUT2D eigenvalue weighted by atomic mass is 10.3. The van der Waals surface area contributed by atoms with Gasteiger partial charge in [-0.1, -0.05) is 0 Å². The van der Waals surface area contributed by atoms with E-state index in [1.807, 2.05) is 0 Å². The first kappa shape index (κ1) is 8.00. The van der Waals surface area contributed by atoms with E-state index in [9.17, 15) is 5.11 Å². The third kappa shape index (κ3) is 1.46. The van der Waals surface area contributed by atoms with E-state index >= 15 is 0 Å².